The van der Waals surface area contributed by atoms with Crippen molar-refractivity contribution in [3.05, 3.63) is 131 Å². The van der Waals surface area contributed by atoms with E-state index in [0.29, 0.717) is 28.1 Å². The van der Waals surface area contributed by atoms with Gasteiger partial charge in [0.25, 0.3) is 11.8 Å². The Morgan fingerprint density at radius 3 is 2.31 bits per heavy atom. The third-order valence-corrected chi connectivity index (χ3v) is 6.76. The van der Waals surface area contributed by atoms with Crippen LogP contribution in [0.15, 0.2) is 114 Å². The predicted molar refractivity (Wildman–Crippen MR) is 156 cm³/mol. The van der Waals surface area contributed by atoms with Gasteiger partial charge in [-0.1, -0.05) is 66.2 Å². The van der Waals surface area contributed by atoms with E-state index in [0.717, 1.165) is 10.5 Å². The molecular formula is C32H28N2O4S. The highest BCUT2D eigenvalue weighted by Crippen LogP contribution is 2.23. The summed E-state index contributed by atoms with van der Waals surface area (Å²) in [6.45, 7) is 1.98. The van der Waals surface area contributed by atoms with Crippen molar-refractivity contribution in [2.24, 2.45) is 0 Å². The summed E-state index contributed by atoms with van der Waals surface area (Å²) in [4.78, 5) is 39.6. The molecule has 4 aromatic rings. The van der Waals surface area contributed by atoms with Gasteiger partial charge in [0.05, 0.1) is 12.9 Å². The summed E-state index contributed by atoms with van der Waals surface area (Å²) in [5, 5.41) is 5.60. The minimum Gasteiger partial charge on any atom is -0.497 e. The normalized spacial score (nSPS) is 11.0. The highest BCUT2D eigenvalue weighted by Gasteiger charge is 2.16. The fourth-order valence-corrected chi connectivity index (χ4v) is 4.52. The number of carbonyl (C=O) groups is 3. The van der Waals surface area contributed by atoms with Crippen molar-refractivity contribution in [2.75, 3.05) is 18.2 Å². The van der Waals surface area contributed by atoms with Crippen molar-refractivity contribution < 1.29 is 19.1 Å². The number of hydrogen-bond donors (Lipinski definition) is 2. The van der Waals surface area contributed by atoms with Crippen LogP contribution in [0.5, 0.6) is 5.75 Å². The van der Waals surface area contributed by atoms with Gasteiger partial charge in [0.2, 0.25) is 0 Å². The van der Waals surface area contributed by atoms with Crippen molar-refractivity contribution in [1.29, 1.82) is 0 Å². The zero-order valence-corrected chi connectivity index (χ0v) is 22.5. The van der Waals surface area contributed by atoms with Crippen LogP contribution in [-0.4, -0.2) is 30.5 Å². The molecule has 0 bridgehead atoms. The smallest absolute Gasteiger partial charge is 0.272 e. The minimum absolute atomic E-state index is 0.0292. The topological polar surface area (TPSA) is 84.5 Å². The van der Waals surface area contributed by atoms with E-state index in [1.165, 1.54) is 11.8 Å². The van der Waals surface area contributed by atoms with Crippen molar-refractivity contribution in [3.63, 3.8) is 0 Å². The molecular weight excluding hydrogens is 508 g/mol. The average Bonchev–Trinajstić information content (AvgIpc) is 2.96. The summed E-state index contributed by atoms with van der Waals surface area (Å²) in [7, 11) is 1.56. The Bertz CT molecular complexity index is 1500. The number of carbonyl (C=O) groups excluding carboxylic acids is 3. The molecule has 0 heterocycles. The number of amides is 2. The molecule has 39 heavy (non-hydrogen) atoms. The van der Waals surface area contributed by atoms with E-state index in [-0.39, 0.29) is 17.2 Å². The molecule has 0 aromatic heterocycles. The number of hydrogen-bond acceptors (Lipinski definition) is 5. The summed E-state index contributed by atoms with van der Waals surface area (Å²) in [5.74, 6) is 0.0392. The van der Waals surface area contributed by atoms with Crippen molar-refractivity contribution in [3.8, 4) is 5.75 Å². The minimum atomic E-state index is -0.486. The summed E-state index contributed by atoms with van der Waals surface area (Å²) < 4.78 is 5.29. The van der Waals surface area contributed by atoms with Crippen LogP contribution in [-0.2, 0) is 4.79 Å². The van der Waals surface area contributed by atoms with Gasteiger partial charge in [0.1, 0.15) is 11.4 Å². The SMILES string of the molecule is COc1cccc(/C=C(\NC(=O)c2ccccc2)C(=O)Nc2cccc(SCC(=O)c3ccc(C)cc3)c2)c1. The molecule has 2 amide bonds. The number of rotatable bonds is 10. The maximum Gasteiger partial charge on any atom is 0.272 e. The van der Waals surface area contributed by atoms with E-state index in [2.05, 4.69) is 10.6 Å². The Kier molecular flexibility index (Phi) is 9.32. The van der Waals surface area contributed by atoms with E-state index < -0.39 is 11.8 Å². The van der Waals surface area contributed by atoms with Gasteiger partial charge in [-0.2, -0.15) is 0 Å². The molecule has 0 saturated heterocycles. The number of methoxy groups -OCH3 is 1. The first-order valence-corrected chi connectivity index (χ1v) is 13.3. The van der Waals surface area contributed by atoms with Gasteiger partial charge in [-0.05, 0) is 61.0 Å². The zero-order chi connectivity index (χ0) is 27.6. The second kappa shape index (κ2) is 13.3. The first-order chi connectivity index (χ1) is 18.9. The Hall–Kier alpha value is -4.62. The monoisotopic (exact) mass is 536 g/mol. The Balaban J connectivity index is 1.50. The van der Waals surface area contributed by atoms with E-state index in [4.69, 9.17) is 4.74 Å². The van der Waals surface area contributed by atoms with Crippen LogP contribution < -0.4 is 15.4 Å². The van der Waals surface area contributed by atoms with Crippen LogP contribution in [0.2, 0.25) is 0 Å². The summed E-state index contributed by atoms with van der Waals surface area (Å²) in [6.07, 6.45) is 1.59. The van der Waals surface area contributed by atoms with Crippen molar-refractivity contribution in [2.45, 2.75) is 11.8 Å². The lowest BCUT2D eigenvalue weighted by Crippen LogP contribution is -2.30. The first-order valence-electron chi connectivity index (χ1n) is 12.3. The lowest BCUT2D eigenvalue weighted by Gasteiger charge is -2.12. The highest BCUT2D eigenvalue weighted by molar-refractivity contribution is 8.00. The third kappa shape index (κ3) is 7.93. The Labute approximate surface area is 232 Å². The summed E-state index contributed by atoms with van der Waals surface area (Å²) in [5.41, 5.74) is 3.50. The van der Waals surface area contributed by atoms with Gasteiger partial charge in [0.15, 0.2) is 5.78 Å². The molecule has 2 N–H and O–H groups in total. The van der Waals surface area contributed by atoms with Crippen molar-refractivity contribution in [1.82, 2.24) is 5.32 Å². The van der Waals surface area contributed by atoms with Gasteiger partial charge in [-0.25, -0.2) is 0 Å². The fourth-order valence-electron chi connectivity index (χ4n) is 3.67. The molecule has 196 valence electrons. The molecule has 4 rings (SSSR count). The Morgan fingerprint density at radius 1 is 0.821 bits per heavy atom. The molecule has 0 aliphatic heterocycles. The fraction of sp³-hybridized carbons (Fsp3) is 0.0938. The molecule has 4 aromatic carbocycles. The summed E-state index contributed by atoms with van der Waals surface area (Å²) in [6, 6.07) is 30.6. The van der Waals surface area contributed by atoms with Crippen LogP contribution in [0.25, 0.3) is 6.08 Å². The standard InChI is InChI=1S/C32H28N2O4S/c1-22-14-16-24(17-15-22)30(35)21-39-28-13-7-11-26(20-28)33-32(37)29(19-23-8-6-12-27(18-23)38-2)34-31(36)25-9-4-3-5-10-25/h3-20H,21H2,1-2H3,(H,33,37)(H,34,36)/b29-19-. The highest BCUT2D eigenvalue weighted by atomic mass is 32.2. The molecule has 0 aliphatic rings. The van der Waals surface area contributed by atoms with Crippen LogP contribution >= 0.6 is 11.8 Å². The number of ether oxygens (including phenoxy) is 1. The summed E-state index contributed by atoms with van der Waals surface area (Å²) >= 11 is 1.39. The van der Waals surface area contributed by atoms with Crippen LogP contribution in [0.1, 0.15) is 31.8 Å². The molecule has 7 heteroatoms. The maximum atomic E-state index is 13.3. The molecule has 0 saturated carbocycles. The van der Waals surface area contributed by atoms with Gasteiger partial charge in [-0.3, -0.25) is 14.4 Å². The van der Waals surface area contributed by atoms with E-state index in [9.17, 15) is 14.4 Å². The Morgan fingerprint density at radius 2 is 1.56 bits per heavy atom. The second-order valence-corrected chi connectivity index (χ2v) is 9.76. The molecule has 0 fully saturated rings. The molecule has 0 radical (unpaired) electrons. The van der Waals surface area contributed by atoms with Crippen molar-refractivity contribution >= 4 is 41.1 Å². The van der Waals surface area contributed by atoms with Gasteiger partial charge in [0, 0.05) is 21.7 Å². The molecule has 6 nitrogen and oxygen atoms in total. The maximum absolute atomic E-state index is 13.3. The van der Waals surface area contributed by atoms with E-state index in [1.54, 1.807) is 67.8 Å². The first kappa shape index (κ1) is 27.4. The molecule has 0 atom stereocenters. The largest absolute Gasteiger partial charge is 0.497 e. The average molecular weight is 537 g/mol. The van der Waals surface area contributed by atoms with Crippen LogP contribution in [0.3, 0.4) is 0 Å². The predicted octanol–water partition coefficient (Wildman–Crippen LogP) is 6.39. The lowest BCUT2D eigenvalue weighted by molar-refractivity contribution is -0.113. The van der Waals surface area contributed by atoms with Gasteiger partial charge < -0.3 is 15.4 Å². The number of anilines is 1. The number of benzene rings is 4. The molecule has 0 unspecified atom stereocenters. The van der Waals surface area contributed by atoms with Gasteiger partial charge in [-0.15, -0.1) is 11.8 Å². The number of nitrogens with one attached hydrogen (secondary N) is 2. The van der Waals surface area contributed by atoms with Crippen LogP contribution in [0, 0.1) is 6.92 Å². The number of ketones is 1. The number of thioether (sulfide) groups is 1. The van der Waals surface area contributed by atoms with Crippen LogP contribution in [0.4, 0.5) is 5.69 Å². The third-order valence-electron chi connectivity index (χ3n) is 5.77. The van der Waals surface area contributed by atoms with E-state index >= 15 is 0 Å². The molecule has 0 aliphatic carbocycles. The van der Waals surface area contributed by atoms with Gasteiger partial charge >= 0.3 is 0 Å². The number of aryl methyl sites for hydroxylation is 1. The zero-order valence-electron chi connectivity index (χ0n) is 21.6. The van der Waals surface area contributed by atoms with E-state index in [1.807, 2.05) is 55.5 Å². The lowest BCUT2D eigenvalue weighted by atomic mass is 10.1. The molecule has 0 spiro atoms. The second-order valence-electron chi connectivity index (χ2n) is 8.71. The number of Topliss-reactive ketones (excluding diaryl/α,β-unsaturated/α-hetero) is 1. The quantitative estimate of drug-likeness (QED) is 0.139.